The smallest absolute Gasteiger partial charge is 0.158 e. The zero-order valence-corrected chi connectivity index (χ0v) is 9.47. The number of rotatable bonds is 2. The maximum absolute atomic E-state index is 6.24. The molecule has 2 rings (SSSR count). The van der Waals surface area contributed by atoms with Gasteiger partial charge in [0.15, 0.2) is 5.76 Å². The van der Waals surface area contributed by atoms with E-state index in [1.54, 1.807) is 0 Å². The Morgan fingerprint density at radius 3 is 2.50 bits per heavy atom. The quantitative estimate of drug-likeness (QED) is 0.739. The third-order valence-electron chi connectivity index (χ3n) is 2.96. The van der Waals surface area contributed by atoms with Crippen molar-refractivity contribution in [2.45, 2.75) is 51.4 Å². The predicted octanol–water partition coefficient (Wildman–Crippen LogP) is 4.11. The first-order valence-electron chi connectivity index (χ1n) is 5.35. The Balaban J connectivity index is 2.26. The highest BCUT2D eigenvalue weighted by Crippen LogP contribution is 2.40. The molecular weight excluding hydrogens is 198 g/mol. The van der Waals surface area contributed by atoms with Crippen molar-refractivity contribution in [1.82, 2.24) is 5.16 Å². The van der Waals surface area contributed by atoms with Gasteiger partial charge in [0.05, 0.1) is 0 Å². The fourth-order valence-corrected chi connectivity index (χ4v) is 2.55. The number of hydrogen-bond donors (Lipinski definition) is 0. The highest BCUT2D eigenvalue weighted by molar-refractivity contribution is 6.31. The molecule has 0 bridgehead atoms. The van der Waals surface area contributed by atoms with E-state index in [1.165, 1.54) is 25.7 Å². The molecule has 0 saturated heterocycles. The number of nitrogens with zero attached hydrogens (tertiary/aromatic N) is 1. The molecule has 2 nitrogen and oxygen atoms in total. The first-order valence-corrected chi connectivity index (χ1v) is 5.73. The molecule has 0 N–H and O–H groups in total. The van der Waals surface area contributed by atoms with Gasteiger partial charge in [-0.25, -0.2) is 0 Å². The summed E-state index contributed by atoms with van der Waals surface area (Å²) in [6, 6.07) is 0. The normalized spacial score (nSPS) is 18.3. The zero-order chi connectivity index (χ0) is 10.1. The molecule has 0 aromatic carbocycles. The monoisotopic (exact) mass is 213 g/mol. The van der Waals surface area contributed by atoms with Crippen molar-refractivity contribution < 1.29 is 4.52 Å². The number of aromatic nitrogens is 1. The second kappa shape index (κ2) is 3.93. The molecule has 0 atom stereocenters. The van der Waals surface area contributed by atoms with Gasteiger partial charge in [0.25, 0.3) is 0 Å². The highest BCUT2D eigenvalue weighted by atomic mass is 35.5. The topological polar surface area (TPSA) is 26.0 Å². The second-order valence-corrected chi connectivity index (χ2v) is 4.76. The van der Waals surface area contributed by atoms with Gasteiger partial charge in [0, 0.05) is 11.8 Å². The summed E-state index contributed by atoms with van der Waals surface area (Å²) in [4.78, 5) is 0. The molecule has 1 aromatic rings. The van der Waals surface area contributed by atoms with Gasteiger partial charge >= 0.3 is 0 Å². The molecule has 0 unspecified atom stereocenters. The van der Waals surface area contributed by atoms with Crippen molar-refractivity contribution in [3.63, 3.8) is 0 Å². The predicted molar refractivity (Wildman–Crippen MR) is 56.8 cm³/mol. The van der Waals surface area contributed by atoms with E-state index in [1.807, 2.05) is 0 Å². The number of halogens is 1. The molecule has 0 spiro atoms. The average molecular weight is 214 g/mol. The standard InChI is InChI=1S/C11H16ClNO/c1-7(2)10-9(12)11(14-13-10)8-5-3-4-6-8/h7-8H,3-6H2,1-2H3. The second-order valence-electron chi connectivity index (χ2n) is 4.38. The van der Waals surface area contributed by atoms with Gasteiger partial charge < -0.3 is 4.52 Å². The third kappa shape index (κ3) is 1.68. The summed E-state index contributed by atoms with van der Waals surface area (Å²) in [6.07, 6.45) is 4.98. The molecule has 1 aromatic heterocycles. The summed E-state index contributed by atoms with van der Waals surface area (Å²) in [5.41, 5.74) is 0.911. The molecular formula is C11H16ClNO. The van der Waals surface area contributed by atoms with Crippen molar-refractivity contribution in [3.05, 3.63) is 16.5 Å². The van der Waals surface area contributed by atoms with Gasteiger partial charge in [0.1, 0.15) is 10.7 Å². The van der Waals surface area contributed by atoms with Crippen LogP contribution in [0.2, 0.25) is 5.02 Å². The van der Waals surface area contributed by atoms with E-state index in [0.29, 0.717) is 11.8 Å². The molecule has 1 aliphatic rings. The zero-order valence-electron chi connectivity index (χ0n) is 8.72. The lowest BCUT2D eigenvalue weighted by atomic mass is 10.0. The Morgan fingerprint density at radius 2 is 2.00 bits per heavy atom. The van der Waals surface area contributed by atoms with Gasteiger partial charge in [0.2, 0.25) is 0 Å². The summed E-state index contributed by atoms with van der Waals surface area (Å²) in [5, 5.41) is 4.82. The number of hydrogen-bond acceptors (Lipinski definition) is 2. The van der Waals surface area contributed by atoms with Crippen LogP contribution < -0.4 is 0 Å². The Kier molecular flexibility index (Phi) is 2.82. The van der Waals surface area contributed by atoms with Crippen LogP contribution in [0.25, 0.3) is 0 Å². The van der Waals surface area contributed by atoms with Crippen LogP contribution >= 0.6 is 11.6 Å². The molecule has 3 heteroatoms. The van der Waals surface area contributed by atoms with Crippen LogP contribution in [0.15, 0.2) is 4.52 Å². The van der Waals surface area contributed by atoms with E-state index in [-0.39, 0.29) is 0 Å². The molecule has 0 radical (unpaired) electrons. The van der Waals surface area contributed by atoms with Crippen LogP contribution in [0, 0.1) is 0 Å². The van der Waals surface area contributed by atoms with Crippen LogP contribution in [0.1, 0.15) is 62.8 Å². The van der Waals surface area contributed by atoms with Crippen molar-refractivity contribution in [2.75, 3.05) is 0 Å². The Bertz CT molecular complexity index is 313. The molecule has 14 heavy (non-hydrogen) atoms. The van der Waals surface area contributed by atoms with Gasteiger partial charge in [-0.05, 0) is 12.8 Å². The Morgan fingerprint density at radius 1 is 1.36 bits per heavy atom. The average Bonchev–Trinajstić information content (AvgIpc) is 2.71. The summed E-state index contributed by atoms with van der Waals surface area (Å²) >= 11 is 6.24. The van der Waals surface area contributed by atoms with E-state index >= 15 is 0 Å². The fourth-order valence-electron chi connectivity index (χ4n) is 2.11. The van der Waals surface area contributed by atoms with Gasteiger partial charge in [-0.3, -0.25) is 0 Å². The molecule has 1 saturated carbocycles. The van der Waals surface area contributed by atoms with E-state index < -0.39 is 0 Å². The minimum Gasteiger partial charge on any atom is -0.359 e. The van der Waals surface area contributed by atoms with Gasteiger partial charge in [-0.2, -0.15) is 0 Å². The van der Waals surface area contributed by atoms with Crippen molar-refractivity contribution in [1.29, 1.82) is 0 Å². The van der Waals surface area contributed by atoms with E-state index in [9.17, 15) is 0 Å². The van der Waals surface area contributed by atoms with Crippen molar-refractivity contribution in [2.24, 2.45) is 0 Å². The minimum atomic E-state index is 0.349. The van der Waals surface area contributed by atoms with Crippen LogP contribution in [-0.4, -0.2) is 5.16 Å². The Hall–Kier alpha value is -0.500. The fraction of sp³-hybridized carbons (Fsp3) is 0.727. The largest absolute Gasteiger partial charge is 0.359 e. The summed E-state index contributed by atoms with van der Waals surface area (Å²) in [6.45, 7) is 4.17. The van der Waals surface area contributed by atoms with Crippen LogP contribution in [0.5, 0.6) is 0 Å². The lowest BCUT2D eigenvalue weighted by Crippen LogP contribution is -1.91. The maximum atomic E-state index is 6.24. The van der Waals surface area contributed by atoms with Crippen LogP contribution in [-0.2, 0) is 0 Å². The van der Waals surface area contributed by atoms with Gasteiger partial charge in [-0.1, -0.05) is 43.4 Å². The summed E-state index contributed by atoms with van der Waals surface area (Å²) < 4.78 is 5.36. The highest BCUT2D eigenvalue weighted by Gasteiger charge is 2.26. The van der Waals surface area contributed by atoms with E-state index in [0.717, 1.165) is 16.5 Å². The third-order valence-corrected chi connectivity index (χ3v) is 3.34. The summed E-state index contributed by atoms with van der Waals surface area (Å²) in [5.74, 6) is 1.79. The van der Waals surface area contributed by atoms with E-state index in [4.69, 9.17) is 16.1 Å². The molecule has 1 fully saturated rings. The first kappa shape index (κ1) is 10.0. The molecule has 78 valence electrons. The van der Waals surface area contributed by atoms with E-state index in [2.05, 4.69) is 19.0 Å². The van der Waals surface area contributed by atoms with Gasteiger partial charge in [-0.15, -0.1) is 0 Å². The lowest BCUT2D eigenvalue weighted by Gasteiger charge is -2.04. The lowest BCUT2D eigenvalue weighted by molar-refractivity contribution is 0.354. The SMILES string of the molecule is CC(C)c1noc(C2CCCC2)c1Cl. The van der Waals surface area contributed by atoms with Crippen molar-refractivity contribution in [3.8, 4) is 0 Å². The van der Waals surface area contributed by atoms with Crippen LogP contribution in [0.3, 0.4) is 0 Å². The first-order chi connectivity index (χ1) is 6.70. The molecule has 1 heterocycles. The summed E-state index contributed by atoms with van der Waals surface area (Å²) in [7, 11) is 0. The van der Waals surface area contributed by atoms with Crippen molar-refractivity contribution >= 4 is 11.6 Å². The molecule has 1 aliphatic carbocycles. The maximum Gasteiger partial charge on any atom is 0.158 e. The molecule has 0 aliphatic heterocycles. The molecule has 0 amide bonds. The Labute approximate surface area is 89.6 Å². The minimum absolute atomic E-state index is 0.349. The van der Waals surface area contributed by atoms with Crippen LogP contribution in [0.4, 0.5) is 0 Å².